The van der Waals surface area contributed by atoms with Gasteiger partial charge in [-0.3, -0.25) is 4.79 Å². The third-order valence-electron chi connectivity index (χ3n) is 4.05. The number of carbonyl (C=O) groups excluding carboxylic acids is 1. The van der Waals surface area contributed by atoms with Crippen LogP contribution in [0, 0.1) is 5.92 Å². The van der Waals surface area contributed by atoms with Crippen LogP contribution >= 0.6 is 11.6 Å². The van der Waals surface area contributed by atoms with Gasteiger partial charge >= 0.3 is 12.0 Å². The number of ether oxygens (including phenoxy) is 1. The number of likely N-dealkylation sites (tertiary alicyclic amines) is 1. The van der Waals surface area contributed by atoms with Crippen molar-refractivity contribution < 1.29 is 19.4 Å². The van der Waals surface area contributed by atoms with E-state index in [0.717, 1.165) is 11.3 Å². The van der Waals surface area contributed by atoms with Crippen LogP contribution < -0.4 is 10.1 Å². The Morgan fingerprint density at radius 3 is 2.96 bits per heavy atom. The van der Waals surface area contributed by atoms with E-state index < -0.39 is 11.9 Å². The highest BCUT2D eigenvalue weighted by Crippen LogP contribution is 2.23. The number of amides is 2. The van der Waals surface area contributed by atoms with Crippen LogP contribution in [0.3, 0.4) is 0 Å². The molecule has 2 N–H and O–H groups in total. The highest BCUT2D eigenvalue weighted by Gasteiger charge is 2.27. The van der Waals surface area contributed by atoms with Gasteiger partial charge in [-0.25, -0.2) is 4.79 Å². The van der Waals surface area contributed by atoms with E-state index in [4.69, 9.17) is 21.4 Å². The van der Waals surface area contributed by atoms with Crippen LogP contribution in [0.1, 0.15) is 25.3 Å². The minimum Gasteiger partial charge on any atom is -0.494 e. The van der Waals surface area contributed by atoms with E-state index in [1.54, 1.807) is 11.0 Å². The van der Waals surface area contributed by atoms with E-state index in [1.165, 1.54) is 0 Å². The molecule has 1 aromatic rings. The normalized spacial score (nSPS) is 17.4. The van der Waals surface area contributed by atoms with Gasteiger partial charge in [0.05, 0.1) is 12.5 Å². The summed E-state index contributed by atoms with van der Waals surface area (Å²) >= 11 is 6.02. The van der Waals surface area contributed by atoms with Crippen molar-refractivity contribution in [2.75, 3.05) is 26.2 Å². The number of piperidine rings is 1. The Morgan fingerprint density at radius 2 is 2.25 bits per heavy atom. The number of benzene rings is 1. The third kappa shape index (κ3) is 5.03. The molecule has 1 fully saturated rings. The number of aliphatic carboxylic acids is 1. The molecule has 1 aromatic carbocycles. The van der Waals surface area contributed by atoms with Gasteiger partial charge in [0, 0.05) is 24.7 Å². The molecule has 1 unspecified atom stereocenters. The molecule has 2 rings (SSSR count). The monoisotopic (exact) mass is 354 g/mol. The molecule has 2 amide bonds. The van der Waals surface area contributed by atoms with Gasteiger partial charge in [0.1, 0.15) is 5.75 Å². The van der Waals surface area contributed by atoms with E-state index >= 15 is 0 Å². The lowest BCUT2D eigenvalue weighted by Crippen LogP contribution is -2.47. The lowest BCUT2D eigenvalue weighted by atomic mass is 9.99. The summed E-state index contributed by atoms with van der Waals surface area (Å²) in [6.07, 6.45) is 1.93. The highest BCUT2D eigenvalue weighted by molar-refractivity contribution is 6.30. The molecule has 7 heteroatoms. The van der Waals surface area contributed by atoms with Gasteiger partial charge in [-0.1, -0.05) is 11.6 Å². The summed E-state index contributed by atoms with van der Waals surface area (Å²) < 4.78 is 5.56. The molecule has 1 aliphatic heterocycles. The lowest BCUT2D eigenvalue weighted by molar-refractivity contribution is -0.143. The van der Waals surface area contributed by atoms with E-state index in [1.807, 2.05) is 19.1 Å². The molecule has 6 nitrogen and oxygen atoms in total. The van der Waals surface area contributed by atoms with Gasteiger partial charge in [0.2, 0.25) is 0 Å². The summed E-state index contributed by atoms with van der Waals surface area (Å²) in [5.74, 6) is -0.546. The summed E-state index contributed by atoms with van der Waals surface area (Å²) in [5, 5.41) is 12.6. The average Bonchev–Trinajstić information content (AvgIpc) is 2.57. The van der Waals surface area contributed by atoms with Crippen molar-refractivity contribution in [1.29, 1.82) is 0 Å². The number of rotatable bonds is 6. The van der Waals surface area contributed by atoms with E-state index in [-0.39, 0.29) is 12.6 Å². The smallest absolute Gasteiger partial charge is 0.317 e. The summed E-state index contributed by atoms with van der Waals surface area (Å²) in [4.78, 5) is 24.8. The summed E-state index contributed by atoms with van der Waals surface area (Å²) in [5.41, 5.74) is 0.937. The largest absolute Gasteiger partial charge is 0.494 e. The molecule has 0 aromatic heterocycles. The van der Waals surface area contributed by atoms with Crippen LogP contribution in [0.2, 0.25) is 5.02 Å². The first-order chi connectivity index (χ1) is 11.5. The molecule has 132 valence electrons. The molecular formula is C17H23ClN2O4. The zero-order valence-electron chi connectivity index (χ0n) is 13.8. The quantitative estimate of drug-likeness (QED) is 0.823. The Morgan fingerprint density at radius 1 is 1.46 bits per heavy atom. The number of halogens is 1. The predicted molar refractivity (Wildman–Crippen MR) is 91.7 cm³/mol. The molecule has 1 heterocycles. The molecule has 0 radical (unpaired) electrons. The molecule has 0 spiro atoms. The Hall–Kier alpha value is -1.95. The molecule has 0 saturated carbocycles. The van der Waals surface area contributed by atoms with E-state index in [9.17, 15) is 9.59 Å². The molecule has 1 aliphatic rings. The van der Waals surface area contributed by atoms with Crippen molar-refractivity contribution in [2.45, 2.75) is 26.2 Å². The van der Waals surface area contributed by atoms with Gasteiger partial charge < -0.3 is 20.1 Å². The number of nitrogens with zero attached hydrogens (tertiary/aromatic N) is 1. The molecule has 0 aliphatic carbocycles. The molecular weight excluding hydrogens is 332 g/mol. The number of carbonyl (C=O) groups is 2. The van der Waals surface area contributed by atoms with Gasteiger partial charge in [-0.2, -0.15) is 0 Å². The Balaban J connectivity index is 1.86. The SMILES string of the molecule is CCOc1ccc(Cl)cc1CCNC(=O)N1CCCC(C(=O)O)C1. The summed E-state index contributed by atoms with van der Waals surface area (Å²) in [6, 6.07) is 5.21. The zero-order valence-corrected chi connectivity index (χ0v) is 14.5. The third-order valence-corrected chi connectivity index (χ3v) is 4.29. The second-order valence-corrected chi connectivity index (χ2v) is 6.23. The van der Waals surface area contributed by atoms with E-state index in [2.05, 4.69) is 5.32 Å². The van der Waals surface area contributed by atoms with Crippen molar-refractivity contribution >= 4 is 23.6 Å². The Labute approximate surface area is 146 Å². The highest BCUT2D eigenvalue weighted by atomic mass is 35.5. The van der Waals surface area contributed by atoms with Gasteiger partial charge in [-0.05, 0) is 49.9 Å². The molecule has 24 heavy (non-hydrogen) atoms. The van der Waals surface area contributed by atoms with Crippen LogP contribution in [0.5, 0.6) is 5.75 Å². The Kier molecular flexibility index (Phi) is 6.73. The summed E-state index contributed by atoms with van der Waals surface area (Å²) in [6.45, 7) is 3.77. The molecule has 1 atom stereocenters. The minimum absolute atomic E-state index is 0.221. The van der Waals surface area contributed by atoms with Crippen molar-refractivity contribution in [2.24, 2.45) is 5.92 Å². The van der Waals surface area contributed by atoms with Gasteiger partial charge in [0.15, 0.2) is 0 Å². The number of carboxylic acids is 1. The molecule has 1 saturated heterocycles. The van der Waals surface area contributed by atoms with Crippen molar-refractivity contribution in [3.63, 3.8) is 0 Å². The predicted octanol–water partition coefficient (Wildman–Crippen LogP) is 2.79. The van der Waals surface area contributed by atoms with Crippen LogP contribution in [0.25, 0.3) is 0 Å². The van der Waals surface area contributed by atoms with Crippen LogP contribution in [-0.4, -0.2) is 48.2 Å². The average molecular weight is 355 g/mol. The number of hydrogen-bond donors (Lipinski definition) is 2. The number of hydrogen-bond acceptors (Lipinski definition) is 3. The topological polar surface area (TPSA) is 78.9 Å². The maximum absolute atomic E-state index is 12.2. The van der Waals surface area contributed by atoms with E-state index in [0.29, 0.717) is 44.0 Å². The first-order valence-electron chi connectivity index (χ1n) is 8.18. The van der Waals surface area contributed by atoms with Crippen LogP contribution in [0.4, 0.5) is 4.79 Å². The van der Waals surface area contributed by atoms with Crippen LogP contribution in [0.15, 0.2) is 18.2 Å². The summed E-state index contributed by atoms with van der Waals surface area (Å²) in [7, 11) is 0. The number of carboxylic acid groups (broad SMARTS) is 1. The zero-order chi connectivity index (χ0) is 17.5. The van der Waals surface area contributed by atoms with Gasteiger partial charge in [0.25, 0.3) is 0 Å². The van der Waals surface area contributed by atoms with Crippen LogP contribution in [-0.2, 0) is 11.2 Å². The van der Waals surface area contributed by atoms with Gasteiger partial charge in [-0.15, -0.1) is 0 Å². The maximum Gasteiger partial charge on any atom is 0.317 e. The second kappa shape index (κ2) is 8.78. The van der Waals surface area contributed by atoms with Crippen molar-refractivity contribution in [1.82, 2.24) is 10.2 Å². The standard InChI is InChI=1S/C17H23ClN2O4/c1-2-24-15-6-5-14(18)10-12(15)7-8-19-17(23)20-9-3-4-13(11-20)16(21)22/h5-6,10,13H,2-4,7-9,11H2,1H3,(H,19,23)(H,21,22). The van der Waals surface area contributed by atoms with Crippen molar-refractivity contribution in [3.8, 4) is 5.75 Å². The number of urea groups is 1. The minimum atomic E-state index is -0.840. The lowest BCUT2D eigenvalue weighted by Gasteiger charge is -2.30. The fraction of sp³-hybridized carbons (Fsp3) is 0.529. The Bertz CT molecular complexity index is 594. The van der Waals surface area contributed by atoms with Crippen molar-refractivity contribution in [3.05, 3.63) is 28.8 Å². The fourth-order valence-electron chi connectivity index (χ4n) is 2.82. The number of nitrogens with one attached hydrogen (secondary N) is 1. The maximum atomic E-state index is 12.2. The molecule has 0 bridgehead atoms. The first kappa shape index (κ1) is 18.4. The fourth-order valence-corrected chi connectivity index (χ4v) is 3.01. The first-order valence-corrected chi connectivity index (χ1v) is 8.56. The second-order valence-electron chi connectivity index (χ2n) is 5.79.